The van der Waals surface area contributed by atoms with Crippen LogP contribution in [0, 0.1) is 11.7 Å². The van der Waals surface area contributed by atoms with Gasteiger partial charge in [-0.05, 0) is 53.8 Å². The standard InChI is InChI=1S/C21H22FNO3/c1-24-18-9-12(10-19(25-2)21(18)26-3)20-15-6-4-5-14(15)16-11-13(22)7-8-17(16)23-20/h4-5,7-11,14-15,20,23H,6H2,1-3H3. The molecular weight excluding hydrogens is 333 g/mol. The van der Waals surface area contributed by atoms with E-state index < -0.39 is 0 Å². The van der Waals surface area contributed by atoms with E-state index in [1.165, 1.54) is 6.07 Å². The zero-order chi connectivity index (χ0) is 18.3. The van der Waals surface area contributed by atoms with Crippen molar-refractivity contribution >= 4 is 5.69 Å². The van der Waals surface area contributed by atoms with Gasteiger partial charge in [0.1, 0.15) is 5.82 Å². The van der Waals surface area contributed by atoms with E-state index >= 15 is 0 Å². The highest BCUT2D eigenvalue weighted by Gasteiger charge is 2.38. The first-order chi connectivity index (χ1) is 12.7. The van der Waals surface area contributed by atoms with E-state index in [1.807, 2.05) is 18.2 Å². The highest BCUT2D eigenvalue weighted by atomic mass is 19.1. The number of rotatable bonds is 4. The molecule has 2 aliphatic rings. The number of ether oxygens (including phenoxy) is 3. The topological polar surface area (TPSA) is 39.7 Å². The van der Waals surface area contributed by atoms with Crippen LogP contribution in [0.3, 0.4) is 0 Å². The monoisotopic (exact) mass is 355 g/mol. The maximum absolute atomic E-state index is 13.8. The smallest absolute Gasteiger partial charge is 0.203 e. The minimum atomic E-state index is -0.198. The van der Waals surface area contributed by atoms with Gasteiger partial charge in [-0.15, -0.1) is 0 Å². The van der Waals surface area contributed by atoms with E-state index in [4.69, 9.17) is 14.2 Å². The maximum atomic E-state index is 13.8. The number of allylic oxidation sites excluding steroid dienone is 2. The number of methoxy groups -OCH3 is 3. The van der Waals surface area contributed by atoms with Crippen LogP contribution in [-0.2, 0) is 0 Å². The fourth-order valence-corrected chi connectivity index (χ4v) is 4.18. The molecule has 0 saturated carbocycles. The van der Waals surface area contributed by atoms with Gasteiger partial charge < -0.3 is 19.5 Å². The van der Waals surface area contributed by atoms with Crippen LogP contribution in [0.5, 0.6) is 17.2 Å². The average molecular weight is 355 g/mol. The summed E-state index contributed by atoms with van der Waals surface area (Å²) in [6, 6.07) is 9.00. The minimum absolute atomic E-state index is 0.0710. The molecule has 0 bridgehead atoms. The fourth-order valence-electron chi connectivity index (χ4n) is 4.18. The molecule has 1 heterocycles. The second kappa shape index (κ2) is 6.56. The number of benzene rings is 2. The van der Waals surface area contributed by atoms with Crippen molar-refractivity contribution in [1.29, 1.82) is 0 Å². The van der Waals surface area contributed by atoms with Crippen LogP contribution in [-0.4, -0.2) is 21.3 Å². The molecule has 0 radical (unpaired) electrons. The van der Waals surface area contributed by atoms with Crippen molar-refractivity contribution in [1.82, 2.24) is 0 Å². The lowest BCUT2D eigenvalue weighted by molar-refractivity contribution is 0.322. The van der Waals surface area contributed by atoms with Gasteiger partial charge >= 0.3 is 0 Å². The minimum Gasteiger partial charge on any atom is -0.493 e. The van der Waals surface area contributed by atoms with Gasteiger partial charge in [0.05, 0.1) is 27.4 Å². The Balaban J connectivity index is 1.80. The molecule has 136 valence electrons. The molecule has 1 aliphatic heterocycles. The number of fused-ring (bicyclic) bond motifs is 3. The second-order valence-electron chi connectivity index (χ2n) is 6.67. The molecule has 0 amide bonds. The Morgan fingerprint density at radius 3 is 2.38 bits per heavy atom. The zero-order valence-corrected chi connectivity index (χ0v) is 15.1. The molecule has 3 unspecified atom stereocenters. The fraction of sp³-hybridized carbons (Fsp3) is 0.333. The molecule has 2 aromatic rings. The summed E-state index contributed by atoms with van der Waals surface area (Å²) >= 11 is 0. The van der Waals surface area contributed by atoms with Crippen LogP contribution in [0.2, 0.25) is 0 Å². The largest absolute Gasteiger partial charge is 0.493 e. The molecule has 1 aliphatic carbocycles. The normalized spacial score (nSPS) is 23.0. The van der Waals surface area contributed by atoms with Crippen molar-refractivity contribution < 1.29 is 18.6 Å². The molecule has 2 aromatic carbocycles. The van der Waals surface area contributed by atoms with Crippen molar-refractivity contribution in [2.24, 2.45) is 5.92 Å². The number of hydrogen-bond acceptors (Lipinski definition) is 4. The first kappa shape index (κ1) is 16.8. The molecule has 3 atom stereocenters. The summed E-state index contributed by atoms with van der Waals surface area (Å²) in [7, 11) is 4.83. The maximum Gasteiger partial charge on any atom is 0.203 e. The lowest BCUT2D eigenvalue weighted by atomic mass is 9.77. The average Bonchev–Trinajstić information content (AvgIpc) is 3.16. The highest BCUT2D eigenvalue weighted by Crippen LogP contribution is 2.51. The van der Waals surface area contributed by atoms with Gasteiger partial charge in [0.2, 0.25) is 5.75 Å². The zero-order valence-electron chi connectivity index (χ0n) is 15.1. The lowest BCUT2D eigenvalue weighted by Crippen LogP contribution is -2.29. The first-order valence-corrected chi connectivity index (χ1v) is 8.68. The quantitative estimate of drug-likeness (QED) is 0.809. The van der Waals surface area contributed by atoms with Gasteiger partial charge in [-0.3, -0.25) is 0 Å². The van der Waals surface area contributed by atoms with Crippen LogP contribution < -0.4 is 19.5 Å². The van der Waals surface area contributed by atoms with Crippen LogP contribution >= 0.6 is 0 Å². The van der Waals surface area contributed by atoms with E-state index in [1.54, 1.807) is 27.4 Å². The Bertz CT molecular complexity index is 839. The van der Waals surface area contributed by atoms with Crippen molar-refractivity contribution in [3.8, 4) is 17.2 Å². The van der Waals surface area contributed by atoms with Crippen molar-refractivity contribution in [3.63, 3.8) is 0 Å². The van der Waals surface area contributed by atoms with Crippen LogP contribution in [0.25, 0.3) is 0 Å². The molecule has 1 N–H and O–H groups in total. The molecular formula is C21H22FNO3. The summed E-state index contributed by atoms with van der Waals surface area (Å²) in [6.45, 7) is 0. The molecule has 0 saturated heterocycles. The molecule has 4 rings (SSSR count). The van der Waals surface area contributed by atoms with E-state index in [9.17, 15) is 4.39 Å². The summed E-state index contributed by atoms with van der Waals surface area (Å²) in [5.74, 6) is 2.17. The van der Waals surface area contributed by atoms with Gasteiger partial charge in [-0.1, -0.05) is 12.2 Å². The first-order valence-electron chi connectivity index (χ1n) is 8.68. The Labute approximate surface area is 152 Å². The summed E-state index contributed by atoms with van der Waals surface area (Å²) < 4.78 is 30.2. The van der Waals surface area contributed by atoms with E-state index in [0.717, 1.165) is 23.2 Å². The number of halogens is 1. The Hall–Kier alpha value is -2.69. The Kier molecular flexibility index (Phi) is 4.23. The molecule has 5 heteroatoms. The molecule has 0 aromatic heterocycles. The van der Waals surface area contributed by atoms with Gasteiger partial charge in [0.25, 0.3) is 0 Å². The lowest BCUT2D eigenvalue weighted by Gasteiger charge is -2.37. The number of nitrogens with one attached hydrogen (secondary N) is 1. The molecule has 0 fully saturated rings. The number of anilines is 1. The van der Waals surface area contributed by atoms with Gasteiger partial charge in [-0.25, -0.2) is 4.39 Å². The van der Waals surface area contributed by atoms with E-state index in [2.05, 4.69) is 17.5 Å². The Morgan fingerprint density at radius 1 is 1.00 bits per heavy atom. The molecule has 0 spiro atoms. The summed E-state index contributed by atoms with van der Waals surface area (Å²) in [5, 5.41) is 3.59. The van der Waals surface area contributed by atoms with Crippen molar-refractivity contribution in [2.75, 3.05) is 26.6 Å². The summed E-state index contributed by atoms with van der Waals surface area (Å²) in [4.78, 5) is 0. The molecule has 4 nitrogen and oxygen atoms in total. The molecule has 26 heavy (non-hydrogen) atoms. The SMILES string of the molecule is COc1cc(C2Nc3ccc(F)cc3C3C=CCC32)cc(OC)c1OC. The third kappa shape index (κ3) is 2.59. The third-order valence-electron chi connectivity index (χ3n) is 5.37. The van der Waals surface area contributed by atoms with E-state index in [0.29, 0.717) is 23.2 Å². The predicted octanol–water partition coefficient (Wildman–Crippen LogP) is 4.68. The van der Waals surface area contributed by atoms with E-state index in [-0.39, 0.29) is 17.8 Å². The van der Waals surface area contributed by atoms with Gasteiger partial charge in [0.15, 0.2) is 11.5 Å². The highest BCUT2D eigenvalue weighted by molar-refractivity contribution is 5.62. The van der Waals surface area contributed by atoms with Crippen LogP contribution in [0.4, 0.5) is 10.1 Å². The Morgan fingerprint density at radius 2 is 1.73 bits per heavy atom. The third-order valence-corrected chi connectivity index (χ3v) is 5.37. The van der Waals surface area contributed by atoms with Crippen molar-refractivity contribution in [3.05, 3.63) is 59.4 Å². The summed E-state index contributed by atoms with van der Waals surface area (Å²) in [6.07, 6.45) is 5.31. The van der Waals surface area contributed by atoms with Gasteiger partial charge in [0, 0.05) is 11.6 Å². The predicted molar refractivity (Wildman–Crippen MR) is 98.8 cm³/mol. The van der Waals surface area contributed by atoms with Gasteiger partial charge in [-0.2, -0.15) is 0 Å². The second-order valence-corrected chi connectivity index (χ2v) is 6.67. The van der Waals surface area contributed by atoms with Crippen LogP contribution in [0.15, 0.2) is 42.5 Å². The van der Waals surface area contributed by atoms with Crippen molar-refractivity contribution in [2.45, 2.75) is 18.4 Å². The summed E-state index contributed by atoms with van der Waals surface area (Å²) in [5.41, 5.74) is 3.05. The number of hydrogen-bond donors (Lipinski definition) is 1. The van der Waals surface area contributed by atoms with Crippen LogP contribution in [0.1, 0.15) is 29.5 Å².